The summed E-state index contributed by atoms with van der Waals surface area (Å²) in [7, 11) is -1.25. The second kappa shape index (κ2) is 9.73. The lowest BCUT2D eigenvalue weighted by molar-refractivity contribution is 0.247. The van der Waals surface area contributed by atoms with E-state index in [1.807, 2.05) is 42.5 Å². The van der Waals surface area contributed by atoms with Gasteiger partial charge in [-0.2, -0.15) is 0 Å². The molecule has 35 heavy (non-hydrogen) atoms. The molecule has 1 unspecified atom stereocenters. The standard InChI is InChI=1S/C26H30N4O4S/c1-34-23-7-3-5-17-4-2-6-22(25(17)23)30-24-11-8-18-16-20(9-10-21(18)29-24)28-26(31)27-19-12-14-35(32,33)15-13-19/h3,5,7-11,16,19,22H,2,4,6,12-15H2,1H3,(H,29,30)(H2,27,28,31). The van der Waals surface area contributed by atoms with Gasteiger partial charge in [-0.05, 0) is 74.1 Å². The fourth-order valence-corrected chi connectivity index (χ4v) is 6.51. The molecule has 0 saturated carbocycles. The van der Waals surface area contributed by atoms with Crippen molar-refractivity contribution in [2.24, 2.45) is 0 Å². The Bertz CT molecular complexity index is 1330. The molecular formula is C26H30N4O4S. The Hall–Kier alpha value is -3.33. The van der Waals surface area contributed by atoms with E-state index in [9.17, 15) is 13.2 Å². The summed E-state index contributed by atoms with van der Waals surface area (Å²) in [4.78, 5) is 17.2. The van der Waals surface area contributed by atoms with E-state index >= 15 is 0 Å². The number of hydrogen-bond acceptors (Lipinski definition) is 6. The maximum Gasteiger partial charge on any atom is 0.319 e. The fraction of sp³-hybridized carbons (Fsp3) is 0.385. The lowest BCUT2D eigenvalue weighted by Gasteiger charge is -2.28. The van der Waals surface area contributed by atoms with Crippen LogP contribution in [0.25, 0.3) is 10.9 Å². The number of ether oxygens (including phenoxy) is 1. The van der Waals surface area contributed by atoms with Crippen molar-refractivity contribution in [2.45, 2.75) is 44.2 Å². The number of nitrogens with one attached hydrogen (secondary N) is 3. The molecule has 2 amide bonds. The molecule has 1 fully saturated rings. The van der Waals surface area contributed by atoms with Crippen LogP contribution in [0.1, 0.15) is 42.9 Å². The molecule has 2 heterocycles. The number of nitrogens with zero attached hydrogens (tertiary/aromatic N) is 1. The minimum Gasteiger partial charge on any atom is -0.496 e. The number of hydrogen-bond donors (Lipinski definition) is 3. The lowest BCUT2D eigenvalue weighted by atomic mass is 9.87. The lowest BCUT2D eigenvalue weighted by Crippen LogP contribution is -2.42. The number of sulfone groups is 1. The average Bonchev–Trinajstić information content (AvgIpc) is 2.85. The number of methoxy groups -OCH3 is 1. The highest BCUT2D eigenvalue weighted by atomic mass is 32.2. The van der Waals surface area contributed by atoms with E-state index in [2.05, 4.69) is 22.0 Å². The number of aryl methyl sites for hydroxylation is 1. The molecule has 1 aliphatic heterocycles. The van der Waals surface area contributed by atoms with Crippen molar-refractivity contribution in [3.05, 3.63) is 59.7 Å². The molecule has 0 spiro atoms. The van der Waals surface area contributed by atoms with Crippen LogP contribution in [0.3, 0.4) is 0 Å². The highest BCUT2D eigenvalue weighted by molar-refractivity contribution is 7.91. The first-order valence-electron chi connectivity index (χ1n) is 12.0. The van der Waals surface area contributed by atoms with Gasteiger partial charge in [-0.1, -0.05) is 12.1 Å². The summed E-state index contributed by atoms with van der Waals surface area (Å²) < 4.78 is 28.8. The van der Waals surface area contributed by atoms with E-state index in [-0.39, 0.29) is 29.6 Å². The Balaban J connectivity index is 1.26. The zero-order valence-electron chi connectivity index (χ0n) is 19.7. The molecule has 1 saturated heterocycles. The molecule has 0 bridgehead atoms. The Morgan fingerprint density at radius 3 is 2.69 bits per heavy atom. The summed E-state index contributed by atoms with van der Waals surface area (Å²) in [5.74, 6) is 1.95. The van der Waals surface area contributed by atoms with Gasteiger partial charge in [-0.15, -0.1) is 0 Å². The fourth-order valence-electron chi connectivity index (χ4n) is 5.02. The van der Waals surface area contributed by atoms with Crippen molar-refractivity contribution in [2.75, 3.05) is 29.2 Å². The van der Waals surface area contributed by atoms with Gasteiger partial charge in [-0.3, -0.25) is 0 Å². The molecule has 2 aromatic carbocycles. The minimum absolute atomic E-state index is 0.120. The van der Waals surface area contributed by atoms with Gasteiger partial charge >= 0.3 is 6.03 Å². The summed E-state index contributed by atoms with van der Waals surface area (Å²) in [5.41, 5.74) is 4.02. The Labute approximate surface area is 205 Å². The maximum atomic E-state index is 12.4. The number of pyridine rings is 1. The van der Waals surface area contributed by atoms with Crippen molar-refractivity contribution < 1.29 is 17.9 Å². The summed E-state index contributed by atoms with van der Waals surface area (Å²) in [6.45, 7) is 0. The van der Waals surface area contributed by atoms with Crippen LogP contribution >= 0.6 is 0 Å². The van der Waals surface area contributed by atoms with Crippen LogP contribution in [0.5, 0.6) is 5.75 Å². The summed E-state index contributed by atoms with van der Waals surface area (Å²) in [6.07, 6.45) is 4.07. The van der Waals surface area contributed by atoms with E-state index in [0.717, 1.165) is 41.7 Å². The Morgan fingerprint density at radius 2 is 1.89 bits per heavy atom. The van der Waals surface area contributed by atoms with Crippen molar-refractivity contribution in [1.82, 2.24) is 10.3 Å². The molecular weight excluding hydrogens is 464 g/mol. The highest BCUT2D eigenvalue weighted by Crippen LogP contribution is 2.38. The third-order valence-electron chi connectivity index (χ3n) is 6.82. The number of rotatable bonds is 5. The quantitative estimate of drug-likeness (QED) is 0.484. The monoisotopic (exact) mass is 494 g/mol. The number of fused-ring (bicyclic) bond motifs is 2. The van der Waals surface area contributed by atoms with Crippen molar-refractivity contribution in [3.63, 3.8) is 0 Å². The molecule has 5 rings (SSSR count). The first kappa shape index (κ1) is 23.4. The van der Waals surface area contributed by atoms with Gasteiger partial charge < -0.3 is 20.7 Å². The zero-order valence-corrected chi connectivity index (χ0v) is 20.5. The van der Waals surface area contributed by atoms with Crippen LogP contribution < -0.4 is 20.7 Å². The van der Waals surface area contributed by atoms with Gasteiger partial charge in [0.2, 0.25) is 0 Å². The molecule has 184 valence electrons. The number of amides is 2. The van der Waals surface area contributed by atoms with Gasteiger partial charge in [0.15, 0.2) is 0 Å². The van der Waals surface area contributed by atoms with E-state index < -0.39 is 9.84 Å². The maximum absolute atomic E-state index is 12.4. The number of anilines is 2. The predicted molar refractivity (Wildman–Crippen MR) is 138 cm³/mol. The van der Waals surface area contributed by atoms with Crippen LogP contribution in [0.4, 0.5) is 16.3 Å². The second-order valence-corrected chi connectivity index (χ2v) is 11.6. The molecule has 0 radical (unpaired) electrons. The number of benzene rings is 2. The van der Waals surface area contributed by atoms with Gasteiger partial charge in [0.05, 0.1) is 30.2 Å². The van der Waals surface area contributed by atoms with Crippen LogP contribution in [-0.2, 0) is 16.3 Å². The number of urea groups is 1. The van der Waals surface area contributed by atoms with Gasteiger partial charge in [-0.25, -0.2) is 18.2 Å². The second-order valence-electron chi connectivity index (χ2n) is 9.25. The van der Waals surface area contributed by atoms with Crippen molar-refractivity contribution in [3.8, 4) is 5.75 Å². The van der Waals surface area contributed by atoms with E-state index in [1.54, 1.807) is 7.11 Å². The van der Waals surface area contributed by atoms with Gasteiger partial charge in [0, 0.05) is 22.7 Å². The SMILES string of the molecule is COc1cccc2c1C(Nc1ccc3cc(NC(=O)NC4CCS(=O)(=O)CC4)ccc3n1)CCC2. The topological polar surface area (TPSA) is 109 Å². The Kier molecular flexibility index (Phi) is 6.51. The number of aromatic nitrogens is 1. The number of carbonyl (C=O) groups is 1. The average molecular weight is 495 g/mol. The van der Waals surface area contributed by atoms with E-state index in [4.69, 9.17) is 9.72 Å². The van der Waals surface area contributed by atoms with Crippen LogP contribution in [0.15, 0.2) is 48.5 Å². The van der Waals surface area contributed by atoms with Crippen LogP contribution in [0, 0.1) is 0 Å². The van der Waals surface area contributed by atoms with Crippen LogP contribution in [0.2, 0.25) is 0 Å². The summed E-state index contributed by atoms with van der Waals surface area (Å²) in [6, 6.07) is 15.4. The first-order chi connectivity index (χ1) is 16.9. The summed E-state index contributed by atoms with van der Waals surface area (Å²) >= 11 is 0. The highest BCUT2D eigenvalue weighted by Gasteiger charge is 2.25. The molecule has 1 aromatic heterocycles. The van der Waals surface area contributed by atoms with Crippen LogP contribution in [-0.4, -0.2) is 44.1 Å². The normalized spacial score (nSPS) is 19.5. The zero-order chi connectivity index (χ0) is 24.4. The Morgan fingerprint density at radius 1 is 1.06 bits per heavy atom. The summed E-state index contributed by atoms with van der Waals surface area (Å²) in [5, 5.41) is 10.2. The third-order valence-corrected chi connectivity index (χ3v) is 8.54. The first-order valence-corrected chi connectivity index (χ1v) is 13.8. The van der Waals surface area contributed by atoms with Crippen molar-refractivity contribution >= 4 is 38.3 Å². The third kappa shape index (κ3) is 5.35. The smallest absolute Gasteiger partial charge is 0.319 e. The van der Waals surface area contributed by atoms with Gasteiger partial charge in [0.1, 0.15) is 21.4 Å². The molecule has 2 aliphatic rings. The van der Waals surface area contributed by atoms with E-state index in [0.29, 0.717) is 18.5 Å². The molecule has 3 N–H and O–H groups in total. The number of carbonyl (C=O) groups excluding carboxylic acids is 1. The largest absolute Gasteiger partial charge is 0.496 e. The minimum atomic E-state index is -2.96. The van der Waals surface area contributed by atoms with E-state index in [1.165, 1.54) is 11.1 Å². The predicted octanol–water partition coefficient (Wildman–Crippen LogP) is 4.43. The van der Waals surface area contributed by atoms with Gasteiger partial charge in [0.25, 0.3) is 0 Å². The van der Waals surface area contributed by atoms with Crippen molar-refractivity contribution in [1.29, 1.82) is 0 Å². The molecule has 9 heteroatoms. The molecule has 1 atom stereocenters. The molecule has 8 nitrogen and oxygen atoms in total. The molecule has 1 aliphatic carbocycles. The molecule has 3 aromatic rings.